The molecule has 0 aromatic heterocycles. The lowest BCUT2D eigenvalue weighted by molar-refractivity contribution is 0.307. The van der Waals surface area contributed by atoms with E-state index in [1.807, 2.05) is 6.92 Å². The SMILES string of the molecule is CCNS(=O)(=O)N1CCN[C@@H](C)C1.Cl. The Bertz CT molecular complexity index is 258. The van der Waals surface area contributed by atoms with Gasteiger partial charge >= 0.3 is 0 Å². The Morgan fingerprint density at radius 2 is 2.21 bits per heavy atom. The molecule has 0 spiro atoms. The number of halogens is 1. The predicted molar refractivity (Wildman–Crippen MR) is 58.9 cm³/mol. The third-order valence-electron chi connectivity index (χ3n) is 2.00. The topological polar surface area (TPSA) is 61.4 Å². The van der Waals surface area contributed by atoms with E-state index in [2.05, 4.69) is 10.0 Å². The van der Waals surface area contributed by atoms with Crippen LogP contribution in [0.2, 0.25) is 0 Å². The molecule has 0 unspecified atom stereocenters. The average Bonchev–Trinajstić information content (AvgIpc) is 2.04. The van der Waals surface area contributed by atoms with Crippen molar-refractivity contribution >= 4 is 22.6 Å². The van der Waals surface area contributed by atoms with Crippen LogP contribution >= 0.6 is 12.4 Å². The van der Waals surface area contributed by atoms with E-state index in [0.717, 1.165) is 6.54 Å². The lowest BCUT2D eigenvalue weighted by atomic mass is 10.3. The van der Waals surface area contributed by atoms with Crippen molar-refractivity contribution in [1.82, 2.24) is 14.3 Å². The quantitative estimate of drug-likeness (QED) is 0.706. The van der Waals surface area contributed by atoms with Crippen molar-refractivity contribution in [2.24, 2.45) is 0 Å². The molecule has 1 aliphatic heterocycles. The van der Waals surface area contributed by atoms with Crippen molar-refractivity contribution in [3.63, 3.8) is 0 Å². The van der Waals surface area contributed by atoms with Crippen molar-refractivity contribution in [3.05, 3.63) is 0 Å². The van der Waals surface area contributed by atoms with Crippen LogP contribution in [0.1, 0.15) is 13.8 Å². The zero-order valence-electron chi connectivity index (χ0n) is 8.49. The van der Waals surface area contributed by atoms with Gasteiger partial charge in [0.1, 0.15) is 0 Å². The highest BCUT2D eigenvalue weighted by atomic mass is 35.5. The molecule has 7 heteroatoms. The largest absolute Gasteiger partial charge is 0.312 e. The van der Waals surface area contributed by atoms with Crippen LogP contribution in [0.25, 0.3) is 0 Å². The van der Waals surface area contributed by atoms with Crippen molar-refractivity contribution < 1.29 is 8.42 Å². The van der Waals surface area contributed by atoms with E-state index in [-0.39, 0.29) is 18.4 Å². The second-order valence-electron chi connectivity index (χ2n) is 3.22. The highest BCUT2D eigenvalue weighted by molar-refractivity contribution is 7.87. The molecule has 0 amide bonds. The molecule has 0 radical (unpaired) electrons. The van der Waals surface area contributed by atoms with Gasteiger partial charge in [0.2, 0.25) is 0 Å². The summed E-state index contributed by atoms with van der Waals surface area (Å²) < 4.78 is 27.0. The molecule has 86 valence electrons. The summed E-state index contributed by atoms with van der Waals surface area (Å²) in [6.45, 7) is 6.04. The summed E-state index contributed by atoms with van der Waals surface area (Å²) in [5.41, 5.74) is 0. The van der Waals surface area contributed by atoms with Crippen LogP contribution in [0.4, 0.5) is 0 Å². The van der Waals surface area contributed by atoms with Crippen molar-refractivity contribution in [3.8, 4) is 0 Å². The molecule has 0 aromatic rings. The van der Waals surface area contributed by atoms with Crippen LogP contribution in [-0.2, 0) is 10.2 Å². The Labute approximate surface area is 91.8 Å². The first-order valence-corrected chi connectivity index (χ1v) is 5.98. The van der Waals surface area contributed by atoms with E-state index in [1.54, 1.807) is 6.92 Å². The number of nitrogens with zero attached hydrogens (tertiary/aromatic N) is 1. The van der Waals surface area contributed by atoms with Crippen LogP contribution in [-0.4, -0.2) is 44.9 Å². The Morgan fingerprint density at radius 3 is 2.71 bits per heavy atom. The fraction of sp³-hybridized carbons (Fsp3) is 1.00. The highest BCUT2D eigenvalue weighted by Gasteiger charge is 2.25. The van der Waals surface area contributed by atoms with Gasteiger partial charge in [-0.1, -0.05) is 6.92 Å². The molecule has 0 saturated carbocycles. The number of hydrogen-bond donors (Lipinski definition) is 2. The van der Waals surface area contributed by atoms with Crippen LogP contribution in [0.15, 0.2) is 0 Å². The normalized spacial score (nSPS) is 24.3. The van der Waals surface area contributed by atoms with Gasteiger partial charge in [-0.3, -0.25) is 0 Å². The minimum Gasteiger partial charge on any atom is -0.312 e. The van der Waals surface area contributed by atoms with Gasteiger partial charge in [-0.2, -0.15) is 12.7 Å². The van der Waals surface area contributed by atoms with Gasteiger partial charge < -0.3 is 5.32 Å². The average molecular weight is 244 g/mol. The molecule has 1 atom stereocenters. The first-order chi connectivity index (χ1) is 6.06. The Morgan fingerprint density at radius 1 is 1.57 bits per heavy atom. The summed E-state index contributed by atoms with van der Waals surface area (Å²) in [4.78, 5) is 0. The van der Waals surface area contributed by atoms with Gasteiger partial charge in [0.15, 0.2) is 0 Å². The van der Waals surface area contributed by atoms with Gasteiger partial charge in [-0.15, -0.1) is 12.4 Å². The summed E-state index contributed by atoms with van der Waals surface area (Å²) in [6, 6.07) is 0.238. The minimum atomic E-state index is -3.22. The number of rotatable bonds is 3. The first-order valence-electron chi connectivity index (χ1n) is 4.54. The van der Waals surface area contributed by atoms with Crippen LogP contribution in [0.5, 0.6) is 0 Å². The maximum Gasteiger partial charge on any atom is 0.279 e. The molecular weight excluding hydrogens is 226 g/mol. The number of hydrogen-bond acceptors (Lipinski definition) is 3. The molecule has 1 rings (SSSR count). The van der Waals surface area contributed by atoms with Crippen molar-refractivity contribution in [2.75, 3.05) is 26.2 Å². The molecule has 1 heterocycles. The Kier molecular flexibility index (Phi) is 5.92. The second-order valence-corrected chi connectivity index (χ2v) is 4.97. The fourth-order valence-corrected chi connectivity index (χ4v) is 2.69. The summed E-state index contributed by atoms with van der Waals surface area (Å²) in [5.74, 6) is 0. The van der Waals surface area contributed by atoms with Gasteiger partial charge in [0.05, 0.1) is 0 Å². The third kappa shape index (κ3) is 3.70. The van der Waals surface area contributed by atoms with Gasteiger partial charge in [-0.25, -0.2) is 4.72 Å². The highest BCUT2D eigenvalue weighted by Crippen LogP contribution is 2.03. The predicted octanol–water partition coefficient (Wildman–Crippen LogP) is -0.444. The molecule has 14 heavy (non-hydrogen) atoms. The molecule has 0 aliphatic carbocycles. The summed E-state index contributed by atoms with van der Waals surface area (Å²) >= 11 is 0. The molecule has 0 aromatic carbocycles. The summed E-state index contributed by atoms with van der Waals surface area (Å²) in [5, 5.41) is 3.19. The van der Waals surface area contributed by atoms with Crippen molar-refractivity contribution in [2.45, 2.75) is 19.9 Å². The maximum atomic E-state index is 11.5. The van der Waals surface area contributed by atoms with E-state index in [0.29, 0.717) is 19.6 Å². The van der Waals surface area contributed by atoms with Crippen LogP contribution < -0.4 is 10.0 Å². The van der Waals surface area contributed by atoms with Gasteiger partial charge in [0, 0.05) is 32.2 Å². The maximum absolute atomic E-state index is 11.5. The molecule has 5 nitrogen and oxygen atoms in total. The van der Waals surface area contributed by atoms with E-state index >= 15 is 0 Å². The molecule has 1 saturated heterocycles. The number of piperazine rings is 1. The summed E-state index contributed by atoms with van der Waals surface area (Å²) in [6.07, 6.45) is 0. The lowest BCUT2D eigenvalue weighted by Crippen LogP contribution is -2.54. The molecule has 1 fully saturated rings. The van der Waals surface area contributed by atoms with E-state index in [1.165, 1.54) is 4.31 Å². The molecule has 1 aliphatic rings. The van der Waals surface area contributed by atoms with Crippen molar-refractivity contribution in [1.29, 1.82) is 0 Å². The monoisotopic (exact) mass is 243 g/mol. The Balaban J connectivity index is 0.00000169. The van der Waals surface area contributed by atoms with Crippen LogP contribution in [0, 0.1) is 0 Å². The standard InChI is InChI=1S/C7H17N3O2S.ClH/c1-3-9-13(11,12)10-5-4-8-7(2)6-10;/h7-9H,3-6H2,1-2H3;1H/t7-;/m0./s1. The zero-order valence-corrected chi connectivity index (χ0v) is 10.1. The lowest BCUT2D eigenvalue weighted by Gasteiger charge is -2.30. The molecule has 0 bridgehead atoms. The fourth-order valence-electron chi connectivity index (χ4n) is 1.39. The summed E-state index contributed by atoms with van der Waals surface area (Å²) in [7, 11) is -3.22. The van der Waals surface area contributed by atoms with Gasteiger partial charge in [-0.05, 0) is 6.92 Å². The van der Waals surface area contributed by atoms with Gasteiger partial charge in [0.25, 0.3) is 10.2 Å². The Hall–Kier alpha value is 0.120. The van der Waals surface area contributed by atoms with E-state index < -0.39 is 10.2 Å². The van der Waals surface area contributed by atoms with E-state index in [9.17, 15) is 8.42 Å². The number of nitrogens with one attached hydrogen (secondary N) is 2. The minimum absolute atomic E-state index is 0. The van der Waals surface area contributed by atoms with Crippen LogP contribution in [0.3, 0.4) is 0 Å². The zero-order chi connectivity index (χ0) is 9.90. The third-order valence-corrected chi connectivity index (χ3v) is 3.66. The molecular formula is C7H18ClN3O2S. The molecule has 2 N–H and O–H groups in total. The second kappa shape index (κ2) is 5.87. The van der Waals surface area contributed by atoms with E-state index in [4.69, 9.17) is 0 Å². The first kappa shape index (κ1) is 14.1. The smallest absolute Gasteiger partial charge is 0.279 e.